The second-order valence-electron chi connectivity index (χ2n) is 3.70. The van der Waals surface area contributed by atoms with Crippen molar-refractivity contribution in [1.82, 2.24) is 15.0 Å². The van der Waals surface area contributed by atoms with E-state index in [0.717, 1.165) is 4.68 Å². The number of benzene rings is 1. The van der Waals surface area contributed by atoms with Crippen LogP contribution >= 0.6 is 0 Å². The molecule has 0 aliphatic carbocycles. The normalized spacial score (nSPS) is 10.2. The molecule has 6 nitrogen and oxygen atoms in total. The van der Waals surface area contributed by atoms with Gasteiger partial charge in [0.05, 0.1) is 18.9 Å². The molecule has 7 heteroatoms. The number of nitrogens with zero attached hydrogens (tertiary/aromatic N) is 3. The zero-order chi connectivity index (χ0) is 13.8. The Morgan fingerprint density at radius 3 is 2.79 bits per heavy atom. The van der Waals surface area contributed by atoms with Gasteiger partial charge in [0.1, 0.15) is 12.4 Å². The minimum atomic E-state index is -0.649. The Bertz CT molecular complexity index is 624. The van der Waals surface area contributed by atoms with E-state index in [1.54, 1.807) is 6.07 Å². The van der Waals surface area contributed by atoms with Crippen LogP contribution in [0.1, 0.15) is 20.8 Å². The van der Waals surface area contributed by atoms with Crippen LogP contribution in [0.15, 0.2) is 30.5 Å². The van der Waals surface area contributed by atoms with Crippen LogP contribution in [0, 0.1) is 5.82 Å². The van der Waals surface area contributed by atoms with Gasteiger partial charge in [-0.15, -0.1) is 5.10 Å². The molecule has 0 amide bonds. The number of hydrogen-bond acceptors (Lipinski definition) is 5. The lowest BCUT2D eigenvalue weighted by Crippen LogP contribution is -2.12. The van der Waals surface area contributed by atoms with Gasteiger partial charge in [0.25, 0.3) is 0 Å². The predicted octanol–water partition coefficient (Wildman–Crippen LogP) is 1.09. The number of carbonyl (C=O) groups is 2. The Balaban J connectivity index is 2.14. The van der Waals surface area contributed by atoms with Gasteiger partial charge in [-0.25, -0.2) is 13.9 Å². The van der Waals surface area contributed by atoms with E-state index in [0.29, 0.717) is 0 Å². The van der Waals surface area contributed by atoms with E-state index in [1.165, 1.54) is 31.5 Å². The van der Waals surface area contributed by atoms with Crippen molar-refractivity contribution in [2.75, 3.05) is 7.11 Å². The first-order valence-corrected chi connectivity index (χ1v) is 5.38. The maximum atomic E-state index is 13.4. The number of hydrogen-bond donors (Lipinski definition) is 0. The number of halogens is 1. The highest BCUT2D eigenvalue weighted by Crippen LogP contribution is 2.08. The number of aromatic nitrogens is 3. The lowest BCUT2D eigenvalue weighted by Gasteiger charge is -2.01. The number of esters is 1. The van der Waals surface area contributed by atoms with Gasteiger partial charge in [-0.2, -0.15) is 0 Å². The average molecular weight is 263 g/mol. The number of methoxy groups -OCH3 is 1. The molecule has 19 heavy (non-hydrogen) atoms. The van der Waals surface area contributed by atoms with Gasteiger partial charge in [0.2, 0.25) is 0 Å². The van der Waals surface area contributed by atoms with E-state index >= 15 is 0 Å². The molecule has 1 aromatic carbocycles. The van der Waals surface area contributed by atoms with Gasteiger partial charge < -0.3 is 4.74 Å². The summed E-state index contributed by atoms with van der Waals surface area (Å²) in [5, 5.41) is 7.15. The number of carbonyl (C=O) groups excluding carboxylic acids is 2. The molecule has 1 aromatic heterocycles. The minimum Gasteiger partial charge on any atom is -0.464 e. The Morgan fingerprint density at radius 2 is 2.11 bits per heavy atom. The summed E-state index contributed by atoms with van der Waals surface area (Å²) in [5.41, 5.74) is -0.0403. The standard InChI is InChI=1S/C12H10FN3O3/c1-19-12(18)10-6-16(15-14-10)7-11(17)8-4-2-3-5-9(8)13/h2-6H,7H2,1H3. The first-order chi connectivity index (χ1) is 9.11. The Morgan fingerprint density at radius 1 is 1.37 bits per heavy atom. The van der Waals surface area contributed by atoms with Crippen LogP contribution in [0.4, 0.5) is 4.39 Å². The average Bonchev–Trinajstić information content (AvgIpc) is 2.86. The molecule has 2 rings (SSSR count). The molecule has 0 radical (unpaired) electrons. The summed E-state index contributed by atoms with van der Waals surface area (Å²) in [5.74, 6) is -1.70. The fraction of sp³-hybridized carbons (Fsp3) is 0.167. The Labute approximate surface area is 107 Å². The molecule has 0 bridgehead atoms. The van der Waals surface area contributed by atoms with Gasteiger partial charge in [0.15, 0.2) is 11.5 Å². The van der Waals surface area contributed by atoms with Crippen molar-refractivity contribution in [2.24, 2.45) is 0 Å². The van der Waals surface area contributed by atoms with E-state index < -0.39 is 17.6 Å². The van der Waals surface area contributed by atoms with Gasteiger partial charge in [-0.3, -0.25) is 4.79 Å². The third kappa shape index (κ3) is 2.82. The number of ketones is 1. The van der Waals surface area contributed by atoms with Crippen LogP contribution in [0.5, 0.6) is 0 Å². The molecule has 0 N–H and O–H groups in total. The summed E-state index contributed by atoms with van der Waals surface area (Å²) in [7, 11) is 1.21. The second kappa shape index (κ2) is 5.38. The van der Waals surface area contributed by atoms with Crippen LogP contribution in [-0.4, -0.2) is 33.9 Å². The second-order valence-corrected chi connectivity index (χ2v) is 3.70. The molecule has 0 saturated carbocycles. The van der Waals surface area contributed by atoms with Crippen molar-refractivity contribution >= 4 is 11.8 Å². The molecule has 98 valence electrons. The zero-order valence-corrected chi connectivity index (χ0v) is 10.0. The molecule has 0 saturated heterocycles. The summed E-state index contributed by atoms with van der Waals surface area (Å²) in [6, 6.07) is 5.65. The monoisotopic (exact) mass is 263 g/mol. The van der Waals surface area contributed by atoms with Crippen LogP contribution < -0.4 is 0 Å². The van der Waals surface area contributed by atoms with E-state index in [4.69, 9.17) is 0 Å². The molecule has 0 aliphatic heterocycles. The van der Waals surface area contributed by atoms with Crippen molar-refractivity contribution in [3.63, 3.8) is 0 Å². The molecular formula is C12H10FN3O3. The smallest absolute Gasteiger partial charge is 0.360 e. The fourth-order valence-corrected chi connectivity index (χ4v) is 1.49. The molecule has 0 atom stereocenters. The third-order valence-electron chi connectivity index (χ3n) is 2.41. The summed E-state index contributed by atoms with van der Waals surface area (Å²) in [6.07, 6.45) is 1.27. The van der Waals surface area contributed by atoms with Gasteiger partial charge in [0, 0.05) is 0 Å². The van der Waals surface area contributed by atoms with Crippen LogP contribution in [0.25, 0.3) is 0 Å². The van der Waals surface area contributed by atoms with Gasteiger partial charge in [-0.1, -0.05) is 17.3 Å². The molecule has 0 fully saturated rings. The molecular weight excluding hydrogens is 253 g/mol. The highest BCUT2D eigenvalue weighted by molar-refractivity contribution is 5.96. The van der Waals surface area contributed by atoms with Crippen molar-refractivity contribution in [3.8, 4) is 0 Å². The summed E-state index contributed by atoms with van der Waals surface area (Å²) in [4.78, 5) is 23.0. The highest BCUT2D eigenvalue weighted by atomic mass is 19.1. The van der Waals surface area contributed by atoms with E-state index in [9.17, 15) is 14.0 Å². The summed E-state index contributed by atoms with van der Waals surface area (Å²) in [6.45, 7) is -0.203. The minimum absolute atomic E-state index is 0.0103. The zero-order valence-electron chi connectivity index (χ0n) is 10.0. The fourth-order valence-electron chi connectivity index (χ4n) is 1.49. The Hall–Kier alpha value is -2.57. The van der Waals surface area contributed by atoms with Crippen LogP contribution in [0.2, 0.25) is 0 Å². The maximum Gasteiger partial charge on any atom is 0.360 e. The van der Waals surface area contributed by atoms with Crippen molar-refractivity contribution in [1.29, 1.82) is 0 Å². The number of rotatable bonds is 4. The van der Waals surface area contributed by atoms with Gasteiger partial charge in [-0.05, 0) is 12.1 Å². The molecule has 0 unspecified atom stereocenters. The summed E-state index contributed by atoms with van der Waals surface area (Å²) >= 11 is 0. The SMILES string of the molecule is COC(=O)c1cn(CC(=O)c2ccccc2F)nn1. The van der Waals surface area contributed by atoms with E-state index in [2.05, 4.69) is 15.0 Å². The maximum absolute atomic E-state index is 13.4. The largest absolute Gasteiger partial charge is 0.464 e. The quantitative estimate of drug-likeness (QED) is 0.609. The van der Waals surface area contributed by atoms with Crippen LogP contribution in [0.3, 0.4) is 0 Å². The first-order valence-electron chi connectivity index (χ1n) is 5.38. The lowest BCUT2D eigenvalue weighted by atomic mass is 10.1. The van der Waals surface area contributed by atoms with Crippen LogP contribution in [-0.2, 0) is 11.3 Å². The lowest BCUT2D eigenvalue weighted by molar-refractivity contribution is 0.0593. The topological polar surface area (TPSA) is 74.1 Å². The summed E-state index contributed by atoms with van der Waals surface area (Å²) < 4.78 is 19.0. The molecule has 2 aromatic rings. The highest BCUT2D eigenvalue weighted by Gasteiger charge is 2.15. The van der Waals surface area contributed by atoms with E-state index in [1.807, 2.05) is 0 Å². The van der Waals surface area contributed by atoms with Gasteiger partial charge >= 0.3 is 5.97 Å². The van der Waals surface area contributed by atoms with E-state index in [-0.39, 0.29) is 17.8 Å². The number of Topliss-reactive ketones (excluding diaryl/α,β-unsaturated/α-hetero) is 1. The third-order valence-corrected chi connectivity index (χ3v) is 2.41. The Kier molecular flexibility index (Phi) is 3.65. The predicted molar refractivity (Wildman–Crippen MR) is 62.1 cm³/mol. The first kappa shape index (κ1) is 12.9. The van der Waals surface area contributed by atoms with Crippen molar-refractivity contribution in [3.05, 3.63) is 47.5 Å². The van der Waals surface area contributed by atoms with Crippen molar-refractivity contribution in [2.45, 2.75) is 6.54 Å². The molecule has 0 aliphatic rings. The molecule has 0 spiro atoms. The van der Waals surface area contributed by atoms with Crippen molar-refractivity contribution < 1.29 is 18.7 Å². The number of ether oxygens (including phenoxy) is 1. The molecule has 1 heterocycles.